The smallest absolute Gasteiger partial charge is 0.224 e. The highest BCUT2D eigenvalue weighted by atomic mass is 79.9. The average Bonchev–Trinajstić information content (AvgIpc) is 2.34. The van der Waals surface area contributed by atoms with Gasteiger partial charge in [0.25, 0.3) is 0 Å². The van der Waals surface area contributed by atoms with Crippen LogP contribution in [0.2, 0.25) is 5.02 Å². The number of carbonyl (C=O) groups excluding carboxylic acids is 1. The molecule has 0 radical (unpaired) electrons. The van der Waals surface area contributed by atoms with Crippen molar-refractivity contribution >= 4 is 39.1 Å². The van der Waals surface area contributed by atoms with Gasteiger partial charge in [0.05, 0.1) is 17.3 Å². The number of amides is 1. The second kappa shape index (κ2) is 8.40. The summed E-state index contributed by atoms with van der Waals surface area (Å²) < 4.78 is 5.95. The number of rotatable bonds is 7. The van der Waals surface area contributed by atoms with Gasteiger partial charge in [-0.1, -0.05) is 18.0 Å². The van der Waals surface area contributed by atoms with E-state index < -0.39 is 0 Å². The molecule has 106 valence electrons. The maximum Gasteiger partial charge on any atom is 0.224 e. The summed E-state index contributed by atoms with van der Waals surface area (Å²) in [7, 11) is 1.55. The third-order valence-electron chi connectivity index (χ3n) is 2.59. The third kappa shape index (κ3) is 5.38. The van der Waals surface area contributed by atoms with E-state index >= 15 is 0 Å². The summed E-state index contributed by atoms with van der Waals surface area (Å²) in [6.45, 7) is 0.663. The second-order valence-electron chi connectivity index (χ2n) is 4.12. The zero-order chi connectivity index (χ0) is 14.3. The van der Waals surface area contributed by atoms with Crippen molar-refractivity contribution < 1.29 is 9.53 Å². The quantitative estimate of drug-likeness (QED) is 0.740. The van der Waals surface area contributed by atoms with E-state index in [1.807, 2.05) is 0 Å². The number of halogens is 2. The fourth-order valence-electron chi connectivity index (χ4n) is 1.68. The number of methoxy groups -OCH3 is 1. The van der Waals surface area contributed by atoms with Gasteiger partial charge in [0.15, 0.2) is 5.75 Å². The van der Waals surface area contributed by atoms with Crippen LogP contribution in [0.4, 0.5) is 5.69 Å². The summed E-state index contributed by atoms with van der Waals surface area (Å²) in [6, 6.07) is 3.39. The average molecular weight is 350 g/mol. The van der Waals surface area contributed by atoms with Crippen molar-refractivity contribution in [3.63, 3.8) is 0 Å². The van der Waals surface area contributed by atoms with Gasteiger partial charge in [0.2, 0.25) is 5.91 Å². The topological polar surface area (TPSA) is 64.3 Å². The minimum atomic E-state index is -0.0514. The highest BCUT2D eigenvalue weighted by Crippen LogP contribution is 2.36. The molecule has 0 aliphatic carbocycles. The molecule has 0 aliphatic rings. The molecule has 0 heterocycles. The SMILES string of the molecule is COc1c(Br)cc(Cl)cc1NC(=O)CCCCCN. The fraction of sp³-hybridized carbons (Fsp3) is 0.462. The first-order valence-electron chi connectivity index (χ1n) is 6.11. The van der Waals surface area contributed by atoms with Gasteiger partial charge < -0.3 is 15.8 Å². The molecule has 4 nitrogen and oxygen atoms in total. The van der Waals surface area contributed by atoms with Gasteiger partial charge in [-0.05, 0) is 47.4 Å². The van der Waals surface area contributed by atoms with Gasteiger partial charge in [-0.25, -0.2) is 0 Å². The van der Waals surface area contributed by atoms with E-state index in [0.717, 1.165) is 19.3 Å². The maximum atomic E-state index is 11.8. The zero-order valence-electron chi connectivity index (χ0n) is 10.8. The van der Waals surface area contributed by atoms with E-state index in [1.54, 1.807) is 19.2 Å². The van der Waals surface area contributed by atoms with Crippen LogP contribution in [0.3, 0.4) is 0 Å². The number of benzene rings is 1. The molecule has 1 rings (SSSR count). The highest BCUT2D eigenvalue weighted by molar-refractivity contribution is 9.10. The number of carbonyl (C=O) groups is 1. The van der Waals surface area contributed by atoms with Crippen LogP contribution >= 0.6 is 27.5 Å². The molecule has 0 saturated carbocycles. The summed E-state index contributed by atoms with van der Waals surface area (Å²) in [4.78, 5) is 11.8. The number of anilines is 1. The van der Waals surface area contributed by atoms with E-state index in [1.165, 1.54) is 0 Å². The normalized spacial score (nSPS) is 10.3. The Bertz CT molecular complexity index is 441. The first-order valence-corrected chi connectivity index (χ1v) is 7.28. The molecule has 0 saturated heterocycles. The van der Waals surface area contributed by atoms with Crippen LogP contribution in [-0.2, 0) is 4.79 Å². The first-order chi connectivity index (χ1) is 9.08. The summed E-state index contributed by atoms with van der Waals surface area (Å²) >= 11 is 9.30. The number of hydrogen-bond donors (Lipinski definition) is 2. The van der Waals surface area contributed by atoms with E-state index in [-0.39, 0.29) is 5.91 Å². The van der Waals surface area contributed by atoms with Crippen molar-refractivity contribution in [1.82, 2.24) is 0 Å². The van der Waals surface area contributed by atoms with Gasteiger partial charge in [-0.15, -0.1) is 0 Å². The second-order valence-corrected chi connectivity index (χ2v) is 5.41. The Morgan fingerprint density at radius 3 is 2.79 bits per heavy atom. The molecular formula is C13H18BrClN2O2. The lowest BCUT2D eigenvalue weighted by molar-refractivity contribution is -0.116. The molecule has 1 aromatic rings. The van der Waals surface area contributed by atoms with Gasteiger partial charge in [-0.2, -0.15) is 0 Å². The lowest BCUT2D eigenvalue weighted by Crippen LogP contribution is -2.12. The van der Waals surface area contributed by atoms with Crippen LogP contribution in [-0.4, -0.2) is 19.6 Å². The number of nitrogens with two attached hydrogens (primary N) is 1. The van der Waals surface area contributed by atoms with E-state index in [9.17, 15) is 4.79 Å². The predicted octanol–water partition coefficient (Wildman–Crippen LogP) is 3.57. The number of unbranched alkanes of at least 4 members (excludes halogenated alkanes) is 2. The van der Waals surface area contributed by atoms with Gasteiger partial charge in [-0.3, -0.25) is 4.79 Å². The lowest BCUT2D eigenvalue weighted by Gasteiger charge is -2.12. The lowest BCUT2D eigenvalue weighted by atomic mass is 10.2. The Kier molecular flexibility index (Phi) is 7.20. The molecule has 0 aromatic heterocycles. The van der Waals surface area contributed by atoms with E-state index in [4.69, 9.17) is 22.1 Å². The van der Waals surface area contributed by atoms with Crippen LogP contribution in [0.15, 0.2) is 16.6 Å². The zero-order valence-corrected chi connectivity index (χ0v) is 13.2. The number of nitrogens with one attached hydrogen (secondary N) is 1. The van der Waals surface area contributed by atoms with Crippen molar-refractivity contribution in [3.05, 3.63) is 21.6 Å². The van der Waals surface area contributed by atoms with Crippen LogP contribution in [0.5, 0.6) is 5.75 Å². The molecule has 6 heteroatoms. The fourth-order valence-corrected chi connectivity index (χ4v) is 2.65. The van der Waals surface area contributed by atoms with Crippen molar-refractivity contribution in [2.45, 2.75) is 25.7 Å². The largest absolute Gasteiger partial charge is 0.493 e. The van der Waals surface area contributed by atoms with Gasteiger partial charge in [0, 0.05) is 11.4 Å². The minimum Gasteiger partial charge on any atom is -0.493 e. The van der Waals surface area contributed by atoms with Gasteiger partial charge >= 0.3 is 0 Å². The Morgan fingerprint density at radius 2 is 2.16 bits per heavy atom. The highest BCUT2D eigenvalue weighted by Gasteiger charge is 2.12. The molecule has 0 bridgehead atoms. The maximum absolute atomic E-state index is 11.8. The van der Waals surface area contributed by atoms with E-state index in [0.29, 0.717) is 33.9 Å². The summed E-state index contributed by atoms with van der Waals surface area (Å²) in [5, 5.41) is 3.34. The van der Waals surface area contributed by atoms with Crippen molar-refractivity contribution in [2.75, 3.05) is 19.0 Å². The van der Waals surface area contributed by atoms with Crippen LogP contribution in [0.1, 0.15) is 25.7 Å². The molecule has 19 heavy (non-hydrogen) atoms. The minimum absolute atomic E-state index is 0.0514. The molecule has 0 spiro atoms. The molecule has 0 atom stereocenters. The molecule has 0 aliphatic heterocycles. The van der Waals surface area contributed by atoms with Crippen LogP contribution < -0.4 is 15.8 Å². The predicted molar refractivity (Wildman–Crippen MR) is 81.9 cm³/mol. The monoisotopic (exact) mass is 348 g/mol. The van der Waals surface area contributed by atoms with Crippen molar-refractivity contribution in [3.8, 4) is 5.75 Å². The van der Waals surface area contributed by atoms with Crippen molar-refractivity contribution in [2.24, 2.45) is 5.73 Å². The molecular weight excluding hydrogens is 332 g/mol. The first kappa shape index (κ1) is 16.3. The van der Waals surface area contributed by atoms with Crippen LogP contribution in [0.25, 0.3) is 0 Å². The molecule has 0 unspecified atom stereocenters. The third-order valence-corrected chi connectivity index (χ3v) is 3.40. The molecule has 3 N–H and O–H groups in total. The molecule has 1 aromatic carbocycles. The van der Waals surface area contributed by atoms with Gasteiger partial charge in [0.1, 0.15) is 0 Å². The Balaban J connectivity index is 2.63. The number of ether oxygens (including phenoxy) is 1. The molecule has 0 fully saturated rings. The Hall–Kier alpha value is -0.780. The summed E-state index contributed by atoms with van der Waals surface area (Å²) in [5.41, 5.74) is 5.98. The standard InChI is InChI=1S/C13H18BrClN2O2/c1-19-13-10(14)7-9(15)8-11(13)17-12(18)5-3-2-4-6-16/h7-8H,2-6,16H2,1H3,(H,17,18). The van der Waals surface area contributed by atoms with Crippen LogP contribution in [0, 0.1) is 0 Å². The Morgan fingerprint density at radius 1 is 1.42 bits per heavy atom. The van der Waals surface area contributed by atoms with E-state index in [2.05, 4.69) is 21.2 Å². The Labute approximate surface area is 126 Å². The number of hydrogen-bond acceptors (Lipinski definition) is 3. The van der Waals surface area contributed by atoms with Crippen molar-refractivity contribution in [1.29, 1.82) is 0 Å². The summed E-state index contributed by atoms with van der Waals surface area (Å²) in [5.74, 6) is 0.518. The summed E-state index contributed by atoms with van der Waals surface area (Å²) in [6.07, 6.45) is 3.19. The molecule has 1 amide bonds.